The molecule has 2 heterocycles. The number of nitrogens with one attached hydrogen (secondary N) is 1. The first-order valence-corrected chi connectivity index (χ1v) is 8.30. The number of thioether (sulfide) groups is 1. The zero-order chi connectivity index (χ0) is 13.7. The standard InChI is InChI=1S/C14H25N3OS/c1-4-17-14(13(18-3)10-16-17)12(15-2)9-11-5-7-19-8-6-11/h10-12,15H,4-9H2,1-3H3. The molecule has 1 N–H and O–H groups in total. The molecule has 1 saturated heterocycles. The third-order valence-corrected chi connectivity index (χ3v) is 5.00. The molecule has 19 heavy (non-hydrogen) atoms. The van der Waals surface area contributed by atoms with Crippen LogP contribution < -0.4 is 10.1 Å². The first-order valence-electron chi connectivity index (χ1n) is 7.14. The summed E-state index contributed by atoms with van der Waals surface area (Å²) in [6, 6.07) is 0.338. The van der Waals surface area contributed by atoms with Gasteiger partial charge in [-0.1, -0.05) is 0 Å². The van der Waals surface area contributed by atoms with Gasteiger partial charge in [-0.25, -0.2) is 0 Å². The number of aryl methyl sites for hydroxylation is 1. The van der Waals surface area contributed by atoms with Crippen molar-refractivity contribution in [3.05, 3.63) is 11.9 Å². The number of rotatable bonds is 6. The topological polar surface area (TPSA) is 39.1 Å². The van der Waals surface area contributed by atoms with Crippen LogP contribution in [0.5, 0.6) is 5.75 Å². The summed E-state index contributed by atoms with van der Waals surface area (Å²) < 4.78 is 7.53. The van der Waals surface area contributed by atoms with E-state index in [-0.39, 0.29) is 0 Å². The molecule has 4 nitrogen and oxygen atoms in total. The Bertz CT molecular complexity index is 367. The van der Waals surface area contributed by atoms with E-state index in [1.165, 1.54) is 36.5 Å². The van der Waals surface area contributed by atoms with Gasteiger partial charge in [-0.05, 0) is 50.7 Å². The van der Waals surface area contributed by atoms with Gasteiger partial charge in [0, 0.05) is 6.54 Å². The molecule has 1 atom stereocenters. The van der Waals surface area contributed by atoms with Gasteiger partial charge in [-0.3, -0.25) is 4.68 Å². The smallest absolute Gasteiger partial charge is 0.161 e. The first-order chi connectivity index (χ1) is 9.30. The summed E-state index contributed by atoms with van der Waals surface area (Å²) in [6.45, 7) is 3.01. The molecule has 5 heteroatoms. The molecule has 1 unspecified atom stereocenters. The molecule has 108 valence electrons. The Morgan fingerprint density at radius 2 is 2.26 bits per heavy atom. The number of hydrogen-bond donors (Lipinski definition) is 1. The van der Waals surface area contributed by atoms with Crippen LogP contribution in [0.3, 0.4) is 0 Å². The van der Waals surface area contributed by atoms with Crippen molar-refractivity contribution in [3.8, 4) is 5.75 Å². The molecule has 0 aromatic carbocycles. The second-order valence-corrected chi connectivity index (χ2v) is 6.27. The van der Waals surface area contributed by atoms with Crippen LogP contribution in [0.2, 0.25) is 0 Å². The number of aromatic nitrogens is 2. The predicted molar refractivity (Wildman–Crippen MR) is 80.9 cm³/mol. The zero-order valence-corrected chi connectivity index (χ0v) is 13.0. The SMILES string of the molecule is CCn1ncc(OC)c1C(CC1CCSCC1)NC. The van der Waals surface area contributed by atoms with Crippen LogP contribution in [0.1, 0.15) is 37.9 Å². The lowest BCUT2D eigenvalue weighted by Gasteiger charge is -2.27. The Hall–Kier alpha value is -0.680. The average molecular weight is 283 g/mol. The summed E-state index contributed by atoms with van der Waals surface area (Å²) in [6.07, 6.45) is 5.69. The maximum atomic E-state index is 5.47. The lowest BCUT2D eigenvalue weighted by atomic mass is 9.92. The van der Waals surface area contributed by atoms with Crippen LogP contribution in [0.25, 0.3) is 0 Å². The van der Waals surface area contributed by atoms with Crippen molar-refractivity contribution in [3.63, 3.8) is 0 Å². The molecule has 1 aromatic heterocycles. The summed E-state index contributed by atoms with van der Waals surface area (Å²) in [5.74, 6) is 4.35. The summed E-state index contributed by atoms with van der Waals surface area (Å²) in [4.78, 5) is 0. The van der Waals surface area contributed by atoms with E-state index in [1.54, 1.807) is 7.11 Å². The van der Waals surface area contributed by atoms with Gasteiger partial charge in [0.2, 0.25) is 0 Å². The fraction of sp³-hybridized carbons (Fsp3) is 0.786. The maximum absolute atomic E-state index is 5.47. The molecular formula is C14H25N3OS. The minimum atomic E-state index is 0.338. The van der Waals surface area contributed by atoms with Crippen molar-refractivity contribution in [1.29, 1.82) is 0 Å². The highest BCUT2D eigenvalue weighted by Crippen LogP contribution is 2.34. The van der Waals surface area contributed by atoms with Crippen LogP contribution in [0.15, 0.2) is 6.20 Å². The van der Waals surface area contributed by atoms with E-state index in [0.29, 0.717) is 6.04 Å². The van der Waals surface area contributed by atoms with E-state index in [9.17, 15) is 0 Å². The molecule has 1 fully saturated rings. The van der Waals surface area contributed by atoms with Crippen molar-refractivity contribution in [2.45, 2.75) is 38.8 Å². The predicted octanol–water partition coefficient (Wildman–Crippen LogP) is 2.71. The van der Waals surface area contributed by atoms with Gasteiger partial charge in [0.1, 0.15) is 0 Å². The summed E-state index contributed by atoms with van der Waals surface area (Å²) in [5.41, 5.74) is 1.20. The largest absolute Gasteiger partial charge is 0.493 e. The average Bonchev–Trinajstić information content (AvgIpc) is 2.88. The molecule has 0 bridgehead atoms. The van der Waals surface area contributed by atoms with Crippen molar-refractivity contribution in [1.82, 2.24) is 15.1 Å². The summed E-state index contributed by atoms with van der Waals surface area (Å²) >= 11 is 2.08. The highest BCUT2D eigenvalue weighted by atomic mass is 32.2. The van der Waals surface area contributed by atoms with Crippen LogP contribution in [0, 0.1) is 5.92 Å². The third kappa shape index (κ3) is 3.45. The van der Waals surface area contributed by atoms with Crippen LogP contribution in [0.4, 0.5) is 0 Å². The van der Waals surface area contributed by atoms with E-state index >= 15 is 0 Å². The van der Waals surface area contributed by atoms with Crippen LogP contribution in [-0.4, -0.2) is 35.4 Å². The Morgan fingerprint density at radius 1 is 1.53 bits per heavy atom. The molecule has 1 aliphatic rings. The molecular weight excluding hydrogens is 258 g/mol. The minimum Gasteiger partial charge on any atom is -0.493 e. The Balaban J connectivity index is 2.13. The fourth-order valence-electron chi connectivity index (χ4n) is 2.82. The van der Waals surface area contributed by atoms with Gasteiger partial charge < -0.3 is 10.1 Å². The van der Waals surface area contributed by atoms with Crippen molar-refractivity contribution >= 4 is 11.8 Å². The Labute approximate surface area is 120 Å². The molecule has 1 aromatic rings. The Morgan fingerprint density at radius 3 is 2.84 bits per heavy atom. The number of ether oxygens (including phenoxy) is 1. The van der Waals surface area contributed by atoms with Crippen molar-refractivity contribution in [2.75, 3.05) is 25.7 Å². The summed E-state index contributed by atoms with van der Waals surface area (Å²) in [5, 5.41) is 7.87. The highest BCUT2D eigenvalue weighted by Gasteiger charge is 2.24. The fourth-order valence-corrected chi connectivity index (χ4v) is 4.02. The quantitative estimate of drug-likeness (QED) is 0.871. The second kappa shape index (κ2) is 7.20. The van der Waals surface area contributed by atoms with Crippen LogP contribution in [-0.2, 0) is 6.54 Å². The second-order valence-electron chi connectivity index (χ2n) is 5.05. The Kier molecular flexibility index (Phi) is 5.58. The molecule has 0 saturated carbocycles. The molecule has 0 amide bonds. The molecule has 2 rings (SSSR count). The van der Waals surface area contributed by atoms with E-state index in [2.05, 4.69) is 33.8 Å². The number of nitrogens with zero attached hydrogens (tertiary/aromatic N) is 2. The van der Waals surface area contributed by atoms with E-state index < -0.39 is 0 Å². The molecule has 1 aliphatic heterocycles. The molecule has 0 spiro atoms. The van der Waals surface area contributed by atoms with Gasteiger partial charge in [0.15, 0.2) is 5.75 Å². The van der Waals surface area contributed by atoms with Crippen molar-refractivity contribution < 1.29 is 4.74 Å². The van der Waals surface area contributed by atoms with E-state index in [4.69, 9.17) is 4.74 Å². The third-order valence-electron chi connectivity index (χ3n) is 3.95. The zero-order valence-electron chi connectivity index (χ0n) is 12.2. The lowest BCUT2D eigenvalue weighted by Crippen LogP contribution is -2.25. The number of hydrogen-bond acceptors (Lipinski definition) is 4. The monoisotopic (exact) mass is 283 g/mol. The van der Waals surface area contributed by atoms with Gasteiger partial charge >= 0.3 is 0 Å². The van der Waals surface area contributed by atoms with Gasteiger partial charge in [0.05, 0.1) is 25.0 Å². The maximum Gasteiger partial charge on any atom is 0.161 e. The molecule has 0 aliphatic carbocycles. The normalized spacial score (nSPS) is 18.5. The van der Waals surface area contributed by atoms with Gasteiger partial charge in [-0.2, -0.15) is 16.9 Å². The van der Waals surface area contributed by atoms with E-state index in [0.717, 1.165) is 18.2 Å². The van der Waals surface area contributed by atoms with Gasteiger partial charge in [0.25, 0.3) is 0 Å². The first kappa shape index (κ1) is 14.7. The lowest BCUT2D eigenvalue weighted by molar-refractivity contribution is 0.350. The van der Waals surface area contributed by atoms with Gasteiger partial charge in [-0.15, -0.1) is 0 Å². The molecule has 0 radical (unpaired) electrons. The summed E-state index contributed by atoms with van der Waals surface area (Å²) in [7, 11) is 3.76. The van der Waals surface area contributed by atoms with Crippen LogP contribution >= 0.6 is 11.8 Å². The highest BCUT2D eigenvalue weighted by molar-refractivity contribution is 7.99. The number of methoxy groups -OCH3 is 1. The van der Waals surface area contributed by atoms with E-state index in [1.807, 2.05) is 13.2 Å². The van der Waals surface area contributed by atoms with Crippen molar-refractivity contribution in [2.24, 2.45) is 5.92 Å². The minimum absolute atomic E-state index is 0.338.